The van der Waals surface area contributed by atoms with Crippen molar-refractivity contribution in [2.24, 2.45) is 0 Å². The van der Waals surface area contributed by atoms with E-state index in [1.54, 1.807) is 24.4 Å². The molecule has 0 unspecified atom stereocenters. The molecule has 0 N–H and O–H groups in total. The first-order valence-electron chi connectivity index (χ1n) is 7.74. The molecule has 0 aliphatic carbocycles. The third kappa shape index (κ3) is 2.77. The van der Waals surface area contributed by atoms with Crippen molar-refractivity contribution in [2.45, 2.75) is 13.5 Å². The number of rotatable bonds is 1. The van der Waals surface area contributed by atoms with Gasteiger partial charge in [0.15, 0.2) is 6.54 Å². The van der Waals surface area contributed by atoms with Crippen LogP contribution in [0.15, 0.2) is 48.7 Å². The molecule has 1 aliphatic rings. The molecule has 0 amide bonds. The normalized spacial score (nSPS) is 13.2. The summed E-state index contributed by atoms with van der Waals surface area (Å²) in [6.45, 7) is 1.97. The van der Waals surface area contributed by atoms with Gasteiger partial charge in [0.2, 0.25) is 5.71 Å². The molecular formula is C19H13Cl2N3O. The zero-order valence-corrected chi connectivity index (χ0v) is 14.8. The van der Waals surface area contributed by atoms with Gasteiger partial charge >= 0.3 is 0 Å². The molecule has 6 heteroatoms. The molecule has 2 aromatic carbocycles. The molecule has 0 saturated carbocycles. The van der Waals surface area contributed by atoms with Gasteiger partial charge in [0.05, 0.1) is 27.4 Å². The number of benzene rings is 2. The predicted octanol–water partition coefficient (Wildman–Crippen LogP) is 4.62. The van der Waals surface area contributed by atoms with Crippen molar-refractivity contribution >= 4 is 28.9 Å². The number of hydrogen-bond donors (Lipinski definition) is 0. The van der Waals surface area contributed by atoms with E-state index in [2.05, 4.69) is 9.97 Å². The van der Waals surface area contributed by atoms with Gasteiger partial charge in [0.25, 0.3) is 0 Å². The highest BCUT2D eigenvalue weighted by Crippen LogP contribution is 2.33. The Morgan fingerprint density at radius 1 is 1.04 bits per heavy atom. The van der Waals surface area contributed by atoms with Crippen LogP contribution in [-0.4, -0.2) is 20.4 Å². The largest absolute Gasteiger partial charge is 0.623 e. The van der Waals surface area contributed by atoms with Crippen molar-refractivity contribution in [1.29, 1.82) is 0 Å². The summed E-state index contributed by atoms with van der Waals surface area (Å²) in [4.78, 5) is 8.80. The molecule has 25 heavy (non-hydrogen) atoms. The third-order valence-corrected chi connectivity index (χ3v) is 4.73. The van der Waals surface area contributed by atoms with E-state index in [4.69, 9.17) is 23.2 Å². The number of hydrogen-bond acceptors (Lipinski definition) is 3. The molecule has 3 aromatic rings. The summed E-state index contributed by atoms with van der Waals surface area (Å²) in [5.74, 6) is 0.651. The topological polar surface area (TPSA) is 51.8 Å². The molecule has 124 valence electrons. The fraction of sp³-hybridized carbons (Fsp3) is 0.105. The van der Waals surface area contributed by atoms with Gasteiger partial charge in [-0.2, -0.15) is 4.74 Å². The van der Waals surface area contributed by atoms with Crippen LogP contribution in [-0.2, 0) is 6.54 Å². The van der Waals surface area contributed by atoms with Gasteiger partial charge in [-0.3, -0.25) is 0 Å². The first kappa shape index (κ1) is 16.1. The van der Waals surface area contributed by atoms with Crippen LogP contribution < -0.4 is 0 Å². The van der Waals surface area contributed by atoms with Crippen molar-refractivity contribution in [3.63, 3.8) is 0 Å². The van der Waals surface area contributed by atoms with Gasteiger partial charge < -0.3 is 5.21 Å². The van der Waals surface area contributed by atoms with Crippen LogP contribution in [0, 0.1) is 12.1 Å². The molecule has 4 rings (SSSR count). The van der Waals surface area contributed by atoms with Gasteiger partial charge in [0.1, 0.15) is 5.82 Å². The van der Waals surface area contributed by atoms with E-state index in [9.17, 15) is 5.21 Å². The Kier molecular flexibility index (Phi) is 3.94. The molecular weight excluding hydrogens is 357 g/mol. The summed E-state index contributed by atoms with van der Waals surface area (Å²) in [5, 5.41) is 14.1. The number of halogens is 2. The van der Waals surface area contributed by atoms with Crippen molar-refractivity contribution in [3.05, 3.63) is 86.4 Å². The van der Waals surface area contributed by atoms with Gasteiger partial charge in [-0.15, -0.1) is 0 Å². The SMILES string of the molecule is Cc1ncc2c(n1)-c1ccc(Cl)cc1C(c1ccccc1Cl)=[N+]([O-])C2. The highest BCUT2D eigenvalue weighted by Gasteiger charge is 2.28. The number of aromatic nitrogens is 2. The van der Waals surface area contributed by atoms with Crippen LogP contribution in [0.5, 0.6) is 0 Å². The van der Waals surface area contributed by atoms with E-state index in [1.807, 2.05) is 31.2 Å². The molecule has 1 aliphatic heterocycles. The standard InChI is InChI=1S/C19H13Cl2N3O/c1-11-22-9-12-10-24(25)19(15-4-2-3-5-17(15)21)16-8-13(20)6-7-14(16)18(12)23-11/h2-9H,10H2,1H3. The Morgan fingerprint density at radius 3 is 2.64 bits per heavy atom. The van der Waals surface area contributed by atoms with E-state index >= 15 is 0 Å². The molecule has 0 bridgehead atoms. The second kappa shape index (κ2) is 6.14. The Morgan fingerprint density at radius 2 is 1.84 bits per heavy atom. The second-order valence-corrected chi connectivity index (χ2v) is 6.69. The summed E-state index contributed by atoms with van der Waals surface area (Å²) in [5.41, 5.74) is 4.23. The maximum atomic E-state index is 13.0. The Labute approximate surface area is 155 Å². The Bertz CT molecular complexity index is 1030. The van der Waals surface area contributed by atoms with Gasteiger partial charge in [-0.1, -0.05) is 41.4 Å². The molecule has 0 radical (unpaired) electrons. The van der Waals surface area contributed by atoms with Crippen LogP contribution in [0.3, 0.4) is 0 Å². The lowest BCUT2D eigenvalue weighted by molar-refractivity contribution is -0.473. The Balaban J connectivity index is 2.08. The van der Waals surface area contributed by atoms with Gasteiger partial charge in [-0.25, -0.2) is 9.97 Å². The van der Waals surface area contributed by atoms with Crippen molar-refractivity contribution < 1.29 is 4.74 Å². The van der Waals surface area contributed by atoms with Crippen molar-refractivity contribution in [3.8, 4) is 11.3 Å². The van der Waals surface area contributed by atoms with Crippen molar-refractivity contribution in [1.82, 2.24) is 9.97 Å². The lowest BCUT2D eigenvalue weighted by atomic mass is 9.95. The average Bonchev–Trinajstić information content (AvgIpc) is 2.69. The lowest BCUT2D eigenvalue weighted by Gasteiger charge is -2.12. The van der Waals surface area contributed by atoms with Crippen molar-refractivity contribution in [2.75, 3.05) is 0 Å². The molecule has 1 aromatic heterocycles. The smallest absolute Gasteiger partial charge is 0.228 e. The molecule has 0 atom stereocenters. The van der Waals surface area contributed by atoms with Crippen LogP contribution in [0.2, 0.25) is 10.0 Å². The third-order valence-electron chi connectivity index (χ3n) is 4.17. The summed E-state index contributed by atoms with van der Waals surface area (Å²) < 4.78 is 0.931. The first-order valence-corrected chi connectivity index (χ1v) is 8.49. The highest BCUT2D eigenvalue weighted by molar-refractivity contribution is 6.36. The average molecular weight is 370 g/mol. The van der Waals surface area contributed by atoms with E-state index in [0.29, 0.717) is 32.7 Å². The minimum atomic E-state index is 0.141. The number of nitrogens with zero attached hydrogens (tertiary/aromatic N) is 3. The fourth-order valence-electron chi connectivity index (χ4n) is 3.06. The van der Waals surface area contributed by atoms with E-state index in [0.717, 1.165) is 21.6 Å². The van der Waals surface area contributed by atoms with Crippen LogP contribution in [0.1, 0.15) is 22.5 Å². The molecule has 0 saturated heterocycles. The highest BCUT2D eigenvalue weighted by atomic mass is 35.5. The summed E-state index contributed by atoms with van der Waals surface area (Å²) >= 11 is 12.6. The predicted molar refractivity (Wildman–Crippen MR) is 99.2 cm³/mol. The summed E-state index contributed by atoms with van der Waals surface area (Å²) in [7, 11) is 0. The maximum absolute atomic E-state index is 13.0. The number of hydroxylamine groups is 1. The van der Waals surface area contributed by atoms with Crippen LogP contribution in [0.4, 0.5) is 0 Å². The monoisotopic (exact) mass is 369 g/mol. The quantitative estimate of drug-likeness (QED) is 0.464. The summed E-state index contributed by atoms with van der Waals surface area (Å²) in [6.07, 6.45) is 1.70. The molecule has 0 fully saturated rings. The first-order chi connectivity index (χ1) is 12.0. The summed E-state index contributed by atoms with van der Waals surface area (Å²) in [6, 6.07) is 12.8. The second-order valence-electron chi connectivity index (χ2n) is 5.85. The molecule has 2 heterocycles. The number of aryl methyl sites for hydroxylation is 1. The van der Waals surface area contributed by atoms with E-state index in [1.165, 1.54) is 0 Å². The minimum absolute atomic E-state index is 0.141. The maximum Gasteiger partial charge on any atom is 0.228 e. The number of fused-ring (bicyclic) bond motifs is 3. The lowest BCUT2D eigenvalue weighted by Crippen LogP contribution is -2.18. The van der Waals surface area contributed by atoms with E-state index < -0.39 is 0 Å². The van der Waals surface area contributed by atoms with E-state index in [-0.39, 0.29) is 6.54 Å². The molecule has 4 nitrogen and oxygen atoms in total. The zero-order valence-electron chi connectivity index (χ0n) is 13.3. The fourth-order valence-corrected chi connectivity index (χ4v) is 3.46. The molecule has 0 spiro atoms. The van der Waals surface area contributed by atoms with Crippen LogP contribution in [0.25, 0.3) is 11.3 Å². The van der Waals surface area contributed by atoms with Gasteiger partial charge in [-0.05, 0) is 31.2 Å². The zero-order chi connectivity index (χ0) is 17.6. The van der Waals surface area contributed by atoms with Gasteiger partial charge in [0, 0.05) is 16.8 Å². The Hall–Kier alpha value is -2.43. The van der Waals surface area contributed by atoms with Crippen LogP contribution >= 0.6 is 23.2 Å². The minimum Gasteiger partial charge on any atom is -0.623 e.